The summed E-state index contributed by atoms with van der Waals surface area (Å²) >= 11 is 5.79. The molecule has 86 valence electrons. The van der Waals surface area contributed by atoms with Gasteiger partial charge in [0.2, 0.25) is 0 Å². The van der Waals surface area contributed by atoms with E-state index in [2.05, 4.69) is 4.98 Å². The number of nitrogens with one attached hydrogen (secondary N) is 1. The van der Waals surface area contributed by atoms with E-state index in [1.54, 1.807) is 36.5 Å². The van der Waals surface area contributed by atoms with Gasteiger partial charge in [-0.05, 0) is 24.3 Å². The molecule has 2 rings (SSSR count). The summed E-state index contributed by atoms with van der Waals surface area (Å²) in [5, 5.41) is 7.78. The standard InChI is InChI=1S/C12H10ClN3O/c13-9-5-11(7-16-6-9)17-10-3-1-8(2-4-10)12(14)15/h1-7H,(H3,14,15). The second kappa shape index (κ2) is 4.84. The van der Waals surface area contributed by atoms with Crippen LogP contribution in [0.3, 0.4) is 0 Å². The highest BCUT2D eigenvalue weighted by molar-refractivity contribution is 6.30. The Kier molecular flexibility index (Phi) is 3.25. The van der Waals surface area contributed by atoms with Gasteiger partial charge in [-0.3, -0.25) is 10.4 Å². The highest BCUT2D eigenvalue weighted by Crippen LogP contribution is 2.23. The van der Waals surface area contributed by atoms with Crippen LogP contribution < -0.4 is 10.5 Å². The molecule has 17 heavy (non-hydrogen) atoms. The van der Waals surface area contributed by atoms with Gasteiger partial charge < -0.3 is 10.5 Å². The Morgan fingerprint density at radius 1 is 1.18 bits per heavy atom. The summed E-state index contributed by atoms with van der Waals surface area (Å²) < 4.78 is 5.54. The van der Waals surface area contributed by atoms with E-state index in [4.69, 9.17) is 27.5 Å². The fourth-order valence-electron chi connectivity index (χ4n) is 1.29. The Morgan fingerprint density at radius 3 is 2.47 bits per heavy atom. The maximum absolute atomic E-state index is 7.26. The topological polar surface area (TPSA) is 72.0 Å². The molecule has 0 unspecified atom stereocenters. The number of amidine groups is 1. The summed E-state index contributed by atoms with van der Waals surface area (Å²) in [6, 6.07) is 8.58. The number of halogens is 1. The lowest BCUT2D eigenvalue weighted by atomic mass is 10.2. The highest BCUT2D eigenvalue weighted by Gasteiger charge is 2.00. The number of ether oxygens (including phenoxy) is 1. The minimum absolute atomic E-state index is 0.0287. The molecule has 0 saturated carbocycles. The van der Waals surface area contributed by atoms with Crippen molar-refractivity contribution in [3.8, 4) is 11.5 Å². The van der Waals surface area contributed by atoms with Crippen molar-refractivity contribution in [3.63, 3.8) is 0 Å². The molecule has 0 saturated heterocycles. The van der Waals surface area contributed by atoms with Crippen LogP contribution in [0.2, 0.25) is 5.02 Å². The second-order valence-corrected chi connectivity index (χ2v) is 3.82. The normalized spacial score (nSPS) is 9.94. The van der Waals surface area contributed by atoms with Crippen LogP contribution in [-0.2, 0) is 0 Å². The van der Waals surface area contributed by atoms with Gasteiger partial charge in [0.25, 0.3) is 0 Å². The summed E-state index contributed by atoms with van der Waals surface area (Å²) in [7, 11) is 0. The van der Waals surface area contributed by atoms with Gasteiger partial charge in [0.1, 0.15) is 17.3 Å². The Hall–Kier alpha value is -2.07. The zero-order chi connectivity index (χ0) is 12.3. The van der Waals surface area contributed by atoms with Crippen molar-refractivity contribution in [3.05, 3.63) is 53.3 Å². The first-order valence-electron chi connectivity index (χ1n) is 4.88. The Balaban J connectivity index is 2.16. The lowest BCUT2D eigenvalue weighted by Gasteiger charge is -2.06. The minimum atomic E-state index is 0.0287. The zero-order valence-corrected chi connectivity index (χ0v) is 9.61. The molecule has 0 aliphatic heterocycles. The number of hydrogen-bond acceptors (Lipinski definition) is 3. The monoisotopic (exact) mass is 247 g/mol. The van der Waals surface area contributed by atoms with Gasteiger partial charge in [0.05, 0.1) is 11.2 Å². The molecule has 3 N–H and O–H groups in total. The molecule has 1 aromatic carbocycles. The molecular weight excluding hydrogens is 238 g/mol. The number of nitrogen functional groups attached to an aromatic ring is 1. The van der Waals surface area contributed by atoms with Crippen molar-refractivity contribution in [2.24, 2.45) is 5.73 Å². The maximum Gasteiger partial charge on any atom is 0.147 e. The van der Waals surface area contributed by atoms with Crippen molar-refractivity contribution in [2.75, 3.05) is 0 Å². The van der Waals surface area contributed by atoms with E-state index in [0.29, 0.717) is 22.1 Å². The molecule has 0 bridgehead atoms. The van der Waals surface area contributed by atoms with E-state index in [0.717, 1.165) is 0 Å². The molecule has 0 atom stereocenters. The lowest BCUT2D eigenvalue weighted by Crippen LogP contribution is -2.10. The molecule has 1 aromatic heterocycles. The number of aromatic nitrogens is 1. The summed E-state index contributed by atoms with van der Waals surface area (Å²) in [6.45, 7) is 0. The van der Waals surface area contributed by atoms with Gasteiger partial charge in [-0.25, -0.2) is 0 Å². The molecule has 0 amide bonds. The van der Waals surface area contributed by atoms with Gasteiger partial charge in [-0.15, -0.1) is 0 Å². The van der Waals surface area contributed by atoms with E-state index in [-0.39, 0.29) is 5.84 Å². The van der Waals surface area contributed by atoms with Crippen LogP contribution in [0.4, 0.5) is 0 Å². The van der Waals surface area contributed by atoms with Gasteiger partial charge in [0, 0.05) is 17.8 Å². The number of pyridine rings is 1. The first kappa shape index (κ1) is 11.4. The molecule has 2 aromatic rings. The fourth-order valence-corrected chi connectivity index (χ4v) is 1.45. The van der Waals surface area contributed by atoms with Crippen molar-refractivity contribution in [1.29, 1.82) is 5.41 Å². The summed E-state index contributed by atoms with van der Waals surface area (Å²) in [4.78, 5) is 3.92. The number of benzene rings is 1. The number of nitrogens with two attached hydrogens (primary N) is 1. The van der Waals surface area contributed by atoms with Gasteiger partial charge >= 0.3 is 0 Å². The van der Waals surface area contributed by atoms with Crippen LogP contribution >= 0.6 is 11.6 Å². The summed E-state index contributed by atoms with van der Waals surface area (Å²) in [6.07, 6.45) is 3.11. The van der Waals surface area contributed by atoms with E-state index in [1.165, 1.54) is 6.20 Å². The van der Waals surface area contributed by atoms with Crippen LogP contribution in [0.1, 0.15) is 5.56 Å². The van der Waals surface area contributed by atoms with Crippen molar-refractivity contribution >= 4 is 17.4 Å². The van der Waals surface area contributed by atoms with E-state index in [1.807, 2.05) is 0 Å². The van der Waals surface area contributed by atoms with Gasteiger partial charge in [-0.2, -0.15) is 0 Å². The second-order valence-electron chi connectivity index (χ2n) is 3.38. The van der Waals surface area contributed by atoms with Crippen molar-refractivity contribution in [2.45, 2.75) is 0 Å². The minimum Gasteiger partial charge on any atom is -0.456 e. The van der Waals surface area contributed by atoms with Crippen LogP contribution in [0, 0.1) is 5.41 Å². The maximum atomic E-state index is 7.26. The van der Waals surface area contributed by atoms with Gasteiger partial charge in [-0.1, -0.05) is 11.6 Å². The average molecular weight is 248 g/mol. The molecular formula is C12H10ClN3O. The van der Waals surface area contributed by atoms with Crippen LogP contribution in [0.25, 0.3) is 0 Å². The summed E-state index contributed by atoms with van der Waals surface area (Å²) in [5.41, 5.74) is 6.01. The molecule has 0 aliphatic rings. The third-order valence-corrected chi connectivity index (χ3v) is 2.29. The fraction of sp³-hybridized carbons (Fsp3) is 0. The highest BCUT2D eigenvalue weighted by atomic mass is 35.5. The Bertz CT molecular complexity index is 540. The Labute approximate surface area is 104 Å². The third-order valence-electron chi connectivity index (χ3n) is 2.08. The van der Waals surface area contributed by atoms with Crippen LogP contribution in [-0.4, -0.2) is 10.8 Å². The van der Waals surface area contributed by atoms with Crippen molar-refractivity contribution in [1.82, 2.24) is 4.98 Å². The predicted molar refractivity (Wildman–Crippen MR) is 66.8 cm³/mol. The van der Waals surface area contributed by atoms with Crippen LogP contribution in [0.5, 0.6) is 11.5 Å². The molecule has 1 heterocycles. The smallest absolute Gasteiger partial charge is 0.147 e. The predicted octanol–water partition coefficient (Wildman–Crippen LogP) is 2.81. The molecule has 5 heteroatoms. The van der Waals surface area contributed by atoms with E-state index < -0.39 is 0 Å². The number of nitrogens with zero attached hydrogens (tertiary/aromatic N) is 1. The van der Waals surface area contributed by atoms with Crippen molar-refractivity contribution < 1.29 is 4.74 Å². The lowest BCUT2D eigenvalue weighted by molar-refractivity contribution is 0.480. The molecule has 0 aliphatic carbocycles. The zero-order valence-electron chi connectivity index (χ0n) is 8.85. The molecule has 4 nitrogen and oxygen atoms in total. The Morgan fingerprint density at radius 2 is 1.88 bits per heavy atom. The molecule has 0 spiro atoms. The number of rotatable bonds is 3. The molecule has 0 radical (unpaired) electrons. The molecule has 0 fully saturated rings. The first-order valence-corrected chi connectivity index (χ1v) is 5.26. The average Bonchev–Trinajstić information content (AvgIpc) is 2.29. The number of hydrogen-bond donors (Lipinski definition) is 2. The van der Waals surface area contributed by atoms with E-state index in [9.17, 15) is 0 Å². The van der Waals surface area contributed by atoms with Gasteiger partial charge in [0.15, 0.2) is 0 Å². The van der Waals surface area contributed by atoms with Crippen LogP contribution in [0.15, 0.2) is 42.7 Å². The SMILES string of the molecule is N=C(N)c1ccc(Oc2cncc(Cl)c2)cc1. The van der Waals surface area contributed by atoms with E-state index >= 15 is 0 Å². The largest absolute Gasteiger partial charge is 0.456 e. The third kappa shape index (κ3) is 2.95. The first-order chi connectivity index (χ1) is 8.15. The summed E-state index contributed by atoms with van der Waals surface area (Å²) in [5.74, 6) is 1.23. The quantitative estimate of drug-likeness (QED) is 0.647.